The zero-order valence-corrected chi connectivity index (χ0v) is 25.6. The van der Waals surface area contributed by atoms with Crippen LogP contribution in [0.2, 0.25) is 18.1 Å². The molecule has 4 fully saturated rings. The van der Waals surface area contributed by atoms with Crippen LogP contribution in [0, 0.1) is 34.5 Å². The Hall–Kier alpha value is -1.19. The van der Waals surface area contributed by atoms with E-state index in [-0.39, 0.29) is 0 Å². The zero-order chi connectivity index (χ0) is 26.2. The molecule has 0 unspecified atom stereocenters. The SMILES string of the molecule is CC(C)(C)[Si](C)(C)O[C@@H]1CC[C@@]2(C)[C@@H](CC[C@@H]3[C@@H]2CC[C@]2(C)[C@@H](c4ccc5ccncc5c4)CC[C@@H]32)C1. The van der Waals surface area contributed by atoms with Gasteiger partial charge >= 0.3 is 0 Å². The van der Waals surface area contributed by atoms with E-state index in [2.05, 4.69) is 83.2 Å². The third kappa shape index (κ3) is 4.17. The van der Waals surface area contributed by atoms with Gasteiger partial charge in [-0.3, -0.25) is 4.98 Å². The molecule has 1 aromatic heterocycles. The molecule has 0 saturated heterocycles. The number of hydrogen-bond acceptors (Lipinski definition) is 2. The lowest BCUT2D eigenvalue weighted by atomic mass is 9.44. The molecule has 202 valence electrons. The van der Waals surface area contributed by atoms with Crippen LogP contribution in [0.5, 0.6) is 0 Å². The van der Waals surface area contributed by atoms with E-state index in [9.17, 15) is 0 Å². The van der Waals surface area contributed by atoms with Crippen LogP contribution in [0.1, 0.15) is 104 Å². The lowest BCUT2D eigenvalue weighted by Crippen LogP contribution is -2.55. The molecule has 0 N–H and O–H groups in total. The van der Waals surface area contributed by atoms with Crippen LogP contribution in [0.15, 0.2) is 36.7 Å². The van der Waals surface area contributed by atoms with Crippen molar-refractivity contribution < 1.29 is 4.43 Å². The van der Waals surface area contributed by atoms with Gasteiger partial charge in [-0.15, -0.1) is 0 Å². The lowest BCUT2D eigenvalue weighted by molar-refractivity contribution is -0.121. The second kappa shape index (κ2) is 8.91. The summed E-state index contributed by atoms with van der Waals surface area (Å²) >= 11 is 0. The molecule has 2 nitrogen and oxygen atoms in total. The number of hydrogen-bond donors (Lipinski definition) is 0. The highest BCUT2D eigenvalue weighted by atomic mass is 28.4. The summed E-state index contributed by atoms with van der Waals surface area (Å²) in [4.78, 5) is 4.41. The molecule has 37 heavy (non-hydrogen) atoms. The van der Waals surface area contributed by atoms with Gasteiger partial charge in [-0.25, -0.2) is 0 Å². The first-order chi connectivity index (χ1) is 17.4. The van der Waals surface area contributed by atoms with Gasteiger partial charge in [0.25, 0.3) is 0 Å². The highest BCUT2D eigenvalue weighted by molar-refractivity contribution is 6.74. The van der Waals surface area contributed by atoms with Crippen molar-refractivity contribution >= 4 is 19.1 Å². The lowest BCUT2D eigenvalue weighted by Gasteiger charge is -2.61. The zero-order valence-electron chi connectivity index (χ0n) is 24.6. The van der Waals surface area contributed by atoms with Crippen molar-refractivity contribution in [1.82, 2.24) is 4.98 Å². The number of rotatable bonds is 3. The Bertz CT molecular complexity index is 1150. The van der Waals surface area contributed by atoms with E-state index in [1.807, 2.05) is 6.20 Å². The monoisotopic (exact) mass is 517 g/mol. The quantitative estimate of drug-likeness (QED) is 0.378. The molecule has 0 spiro atoms. The topological polar surface area (TPSA) is 22.1 Å². The first kappa shape index (κ1) is 26.1. The van der Waals surface area contributed by atoms with Gasteiger partial charge in [0.1, 0.15) is 0 Å². The predicted molar refractivity (Wildman–Crippen MR) is 158 cm³/mol. The number of aromatic nitrogens is 1. The van der Waals surface area contributed by atoms with Crippen LogP contribution in [-0.4, -0.2) is 19.4 Å². The molecule has 8 atom stereocenters. The van der Waals surface area contributed by atoms with E-state index in [0.717, 1.165) is 23.7 Å². The molecule has 1 heterocycles. The van der Waals surface area contributed by atoms with Gasteiger partial charge in [-0.1, -0.05) is 46.8 Å². The summed E-state index contributed by atoms with van der Waals surface area (Å²) in [7, 11) is -1.70. The third-order valence-corrected chi connectivity index (χ3v) is 17.5. The summed E-state index contributed by atoms with van der Waals surface area (Å²) in [6.45, 7) is 17.4. The first-order valence-electron chi connectivity index (χ1n) is 15.4. The molecule has 0 bridgehead atoms. The first-order valence-corrected chi connectivity index (χ1v) is 18.3. The Balaban J connectivity index is 1.19. The third-order valence-electron chi connectivity index (χ3n) is 13.0. The van der Waals surface area contributed by atoms with Gasteiger partial charge in [0.2, 0.25) is 0 Å². The van der Waals surface area contributed by atoms with Crippen LogP contribution in [0.4, 0.5) is 0 Å². The molecule has 1 aromatic carbocycles. The minimum Gasteiger partial charge on any atom is -0.414 e. The van der Waals surface area contributed by atoms with Crippen molar-refractivity contribution in [2.45, 2.75) is 123 Å². The molecule has 0 amide bonds. The summed E-state index contributed by atoms with van der Waals surface area (Å²) in [5.41, 5.74) is 2.57. The van der Waals surface area contributed by atoms with Gasteiger partial charge in [0.15, 0.2) is 8.32 Å². The Morgan fingerprint density at radius 1 is 0.865 bits per heavy atom. The maximum Gasteiger partial charge on any atom is 0.192 e. The molecule has 2 aromatic rings. The van der Waals surface area contributed by atoms with Crippen molar-refractivity contribution in [2.24, 2.45) is 34.5 Å². The van der Waals surface area contributed by atoms with E-state index in [1.54, 1.807) is 5.56 Å². The van der Waals surface area contributed by atoms with Crippen LogP contribution in [-0.2, 0) is 4.43 Å². The van der Waals surface area contributed by atoms with Crippen molar-refractivity contribution in [3.8, 4) is 0 Å². The van der Waals surface area contributed by atoms with Crippen molar-refractivity contribution in [3.63, 3.8) is 0 Å². The number of benzene rings is 1. The van der Waals surface area contributed by atoms with Crippen molar-refractivity contribution in [1.29, 1.82) is 0 Å². The molecule has 0 aliphatic heterocycles. The van der Waals surface area contributed by atoms with E-state index in [0.29, 0.717) is 27.9 Å². The molecule has 4 aliphatic rings. The minimum atomic E-state index is -1.70. The Labute approximate surface area is 227 Å². The van der Waals surface area contributed by atoms with Crippen molar-refractivity contribution in [2.75, 3.05) is 0 Å². The Morgan fingerprint density at radius 2 is 1.62 bits per heavy atom. The predicted octanol–water partition coefficient (Wildman–Crippen LogP) is 9.75. The van der Waals surface area contributed by atoms with Crippen LogP contribution >= 0.6 is 0 Å². The molecule has 3 heteroatoms. The van der Waals surface area contributed by atoms with Gasteiger partial charge in [0.05, 0.1) is 0 Å². The van der Waals surface area contributed by atoms with E-state index >= 15 is 0 Å². The van der Waals surface area contributed by atoms with Crippen LogP contribution < -0.4 is 0 Å². The fourth-order valence-corrected chi connectivity index (χ4v) is 11.2. The van der Waals surface area contributed by atoms with Gasteiger partial charge in [-0.2, -0.15) is 0 Å². The van der Waals surface area contributed by atoms with E-state index in [4.69, 9.17) is 4.43 Å². The van der Waals surface area contributed by atoms with Gasteiger partial charge < -0.3 is 4.43 Å². The molecular formula is C34H51NOSi. The summed E-state index contributed by atoms with van der Waals surface area (Å²) in [5, 5.41) is 2.94. The molecular weight excluding hydrogens is 466 g/mol. The Kier molecular flexibility index (Phi) is 6.28. The smallest absolute Gasteiger partial charge is 0.192 e. The second-order valence-electron chi connectivity index (χ2n) is 15.6. The molecule has 6 rings (SSSR count). The van der Waals surface area contributed by atoms with E-state index < -0.39 is 8.32 Å². The molecule has 4 saturated carbocycles. The Morgan fingerprint density at radius 3 is 2.41 bits per heavy atom. The summed E-state index contributed by atoms with van der Waals surface area (Å²) in [5.74, 6) is 4.34. The largest absolute Gasteiger partial charge is 0.414 e. The van der Waals surface area contributed by atoms with Crippen LogP contribution in [0.3, 0.4) is 0 Å². The number of fused-ring (bicyclic) bond motifs is 6. The van der Waals surface area contributed by atoms with Gasteiger partial charge in [0, 0.05) is 23.9 Å². The number of nitrogens with zero attached hydrogens (tertiary/aromatic N) is 1. The minimum absolute atomic E-state index is 0.305. The maximum absolute atomic E-state index is 6.99. The van der Waals surface area contributed by atoms with Crippen molar-refractivity contribution in [3.05, 3.63) is 42.2 Å². The highest BCUT2D eigenvalue weighted by Crippen LogP contribution is 2.69. The fraction of sp³-hybridized carbons (Fsp3) is 0.735. The molecule has 4 aliphatic carbocycles. The summed E-state index contributed by atoms with van der Waals surface area (Å²) < 4.78 is 6.99. The molecule has 0 radical (unpaired) electrons. The van der Waals surface area contributed by atoms with Gasteiger partial charge in [-0.05, 0) is 139 Å². The fourth-order valence-electron chi connectivity index (χ4n) is 9.79. The standard InChI is InChI=1S/C34H51NOSi/c1-32(2,3)37(6,7)36-27-14-17-33(4)26(21-27)10-11-28-30-13-12-29(34(30,5)18-15-31(28)33)24-9-8-23-16-19-35-22-25(23)20-24/h8-9,16,19-20,22,26-31H,10-15,17-18,21H2,1-7H3/t26-,27+,28-,29+,30-,31-,33-,34+/m0/s1. The normalized spacial score (nSPS) is 40.2. The maximum atomic E-state index is 6.99. The second-order valence-corrected chi connectivity index (χ2v) is 20.3. The average molecular weight is 518 g/mol. The summed E-state index contributed by atoms with van der Waals surface area (Å²) in [6, 6.07) is 9.39. The van der Waals surface area contributed by atoms with E-state index in [1.165, 1.54) is 68.6 Å². The summed E-state index contributed by atoms with van der Waals surface area (Å²) in [6.07, 6.45) is 17.1. The van der Waals surface area contributed by atoms with Crippen LogP contribution in [0.25, 0.3) is 10.8 Å². The highest BCUT2D eigenvalue weighted by Gasteiger charge is 2.60. The number of pyridine rings is 1. The average Bonchev–Trinajstić information content (AvgIpc) is 3.20.